The van der Waals surface area contributed by atoms with E-state index in [-0.39, 0.29) is 11.9 Å². The summed E-state index contributed by atoms with van der Waals surface area (Å²) in [6.45, 7) is 5.22. The second-order valence-electron chi connectivity index (χ2n) is 5.35. The van der Waals surface area contributed by atoms with Crippen LogP contribution in [0.4, 0.5) is 4.39 Å². The largest absolute Gasteiger partial charge is 0.313 e. The fourth-order valence-electron chi connectivity index (χ4n) is 2.66. The molecule has 0 fully saturated rings. The summed E-state index contributed by atoms with van der Waals surface area (Å²) in [6.07, 6.45) is 0.806. The Morgan fingerprint density at radius 2 is 1.86 bits per heavy atom. The van der Waals surface area contributed by atoms with Gasteiger partial charge in [0, 0.05) is 10.5 Å². The van der Waals surface area contributed by atoms with Crippen molar-refractivity contribution in [1.82, 2.24) is 5.32 Å². The molecule has 0 aliphatic carbocycles. The molecule has 2 rings (SSSR count). The van der Waals surface area contributed by atoms with E-state index in [4.69, 9.17) is 0 Å². The summed E-state index contributed by atoms with van der Waals surface area (Å²) in [5, 5.41) is 3.53. The quantitative estimate of drug-likeness (QED) is 0.780. The van der Waals surface area contributed by atoms with Crippen LogP contribution in [0.3, 0.4) is 0 Å². The van der Waals surface area contributed by atoms with E-state index < -0.39 is 0 Å². The summed E-state index contributed by atoms with van der Waals surface area (Å²) < 4.78 is 14.3. The van der Waals surface area contributed by atoms with E-state index >= 15 is 0 Å². The third kappa shape index (κ3) is 4.65. The number of rotatable bonds is 6. The summed E-state index contributed by atoms with van der Waals surface area (Å²) in [5.74, 6) is 0.176. The van der Waals surface area contributed by atoms with Crippen molar-refractivity contribution in [3.8, 4) is 0 Å². The normalized spacial score (nSPS) is 13.9. The summed E-state index contributed by atoms with van der Waals surface area (Å²) in [4.78, 5) is 0. The Bertz CT molecular complexity index is 550. The van der Waals surface area contributed by atoms with Gasteiger partial charge in [-0.1, -0.05) is 60.1 Å². The highest BCUT2D eigenvalue weighted by Gasteiger charge is 2.18. The number of hydrogen-bond acceptors (Lipinski definition) is 1. The molecular formula is C18H21BrFN. The van der Waals surface area contributed by atoms with Crippen LogP contribution in [0.2, 0.25) is 0 Å². The molecule has 0 aliphatic rings. The molecule has 0 amide bonds. The highest BCUT2D eigenvalue weighted by molar-refractivity contribution is 9.10. The number of likely N-dealkylation sites (N-methyl/N-ethyl adjacent to an activating group) is 1. The molecule has 1 N–H and O–H groups in total. The molecule has 0 aromatic heterocycles. The van der Waals surface area contributed by atoms with E-state index in [1.165, 1.54) is 11.6 Å². The van der Waals surface area contributed by atoms with Crippen LogP contribution in [0.25, 0.3) is 0 Å². The Labute approximate surface area is 134 Å². The number of nitrogens with one attached hydrogen (secondary N) is 1. The fraction of sp³-hybridized carbons (Fsp3) is 0.333. The van der Waals surface area contributed by atoms with Crippen LogP contribution < -0.4 is 5.32 Å². The standard InChI is InChI=1S/C18H21BrFN/c1-3-21-18(13(2)15-7-5-4-6-8-15)11-14-9-16(19)12-17(20)10-14/h4-10,12-13,18,21H,3,11H2,1-2H3. The molecule has 2 unspecified atom stereocenters. The molecule has 2 aromatic carbocycles. The van der Waals surface area contributed by atoms with Crippen LogP contribution in [0.5, 0.6) is 0 Å². The Balaban J connectivity index is 2.18. The van der Waals surface area contributed by atoms with E-state index in [0.29, 0.717) is 5.92 Å². The molecule has 0 radical (unpaired) electrons. The molecule has 112 valence electrons. The van der Waals surface area contributed by atoms with Crippen LogP contribution >= 0.6 is 15.9 Å². The number of benzene rings is 2. The van der Waals surface area contributed by atoms with Crippen LogP contribution in [0.15, 0.2) is 53.0 Å². The molecular weight excluding hydrogens is 329 g/mol. The smallest absolute Gasteiger partial charge is 0.124 e. The lowest BCUT2D eigenvalue weighted by atomic mass is 9.89. The van der Waals surface area contributed by atoms with Crippen molar-refractivity contribution in [1.29, 1.82) is 0 Å². The van der Waals surface area contributed by atoms with Crippen molar-refractivity contribution in [2.45, 2.75) is 32.2 Å². The maximum Gasteiger partial charge on any atom is 0.124 e. The molecule has 3 heteroatoms. The van der Waals surface area contributed by atoms with Crippen LogP contribution in [0, 0.1) is 5.82 Å². The first-order chi connectivity index (χ1) is 10.1. The lowest BCUT2D eigenvalue weighted by molar-refractivity contribution is 0.457. The third-order valence-electron chi connectivity index (χ3n) is 3.77. The second kappa shape index (κ2) is 7.71. The highest BCUT2D eigenvalue weighted by Crippen LogP contribution is 2.23. The summed E-state index contributed by atoms with van der Waals surface area (Å²) in [6, 6.07) is 15.8. The van der Waals surface area contributed by atoms with E-state index in [1.54, 1.807) is 6.07 Å². The minimum Gasteiger partial charge on any atom is -0.313 e. The Morgan fingerprint density at radius 1 is 1.14 bits per heavy atom. The van der Waals surface area contributed by atoms with Crippen molar-refractivity contribution in [3.63, 3.8) is 0 Å². The maximum absolute atomic E-state index is 13.5. The van der Waals surface area contributed by atoms with Gasteiger partial charge in [0.15, 0.2) is 0 Å². The van der Waals surface area contributed by atoms with Gasteiger partial charge >= 0.3 is 0 Å². The molecule has 0 saturated heterocycles. The lowest BCUT2D eigenvalue weighted by Gasteiger charge is -2.25. The predicted molar refractivity (Wildman–Crippen MR) is 90.1 cm³/mol. The summed E-state index contributed by atoms with van der Waals surface area (Å²) >= 11 is 3.36. The first-order valence-corrected chi connectivity index (χ1v) is 8.12. The zero-order chi connectivity index (χ0) is 15.2. The minimum atomic E-state index is -0.193. The average Bonchev–Trinajstić information content (AvgIpc) is 2.46. The summed E-state index contributed by atoms with van der Waals surface area (Å²) in [7, 11) is 0. The molecule has 21 heavy (non-hydrogen) atoms. The minimum absolute atomic E-state index is 0.193. The predicted octanol–water partition coefficient (Wildman–Crippen LogP) is 4.91. The van der Waals surface area contributed by atoms with Gasteiger partial charge in [0.1, 0.15) is 5.82 Å². The van der Waals surface area contributed by atoms with E-state index in [0.717, 1.165) is 23.0 Å². The van der Waals surface area contributed by atoms with E-state index in [9.17, 15) is 4.39 Å². The first kappa shape index (κ1) is 16.2. The Kier molecular flexibility index (Phi) is 5.95. The molecule has 0 aliphatic heterocycles. The molecule has 0 bridgehead atoms. The van der Waals surface area contributed by atoms with Gasteiger partial charge in [-0.2, -0.15) is 0 Å². The van der Waals surface area contributed by atoms with E-state index in [2.05, 4.69) is 59.4 Å². The zero-order valence-corrected chi connectivity index (χ0v) is 14.0. The lowest BCUT2D eigenvalue weighted by Crippen LogP contribution is -2.35. The monoisotopic (exact) mass is 349 g/mol. The van der Waals surface area contributed by atoms with Gasteiger partial charge in [-0.05, 0) is 48.2 Å². The van der Waals surface area contributed by atoms with Crippen molar-refractivity contribution in [3.05, 3.63) is 69.9 Å². The molecule has 1 nitrogen and oxygen atoms in total. The van der Waals surface area contributed by atoms with Gasteiger partial charge in [0.2, 0.25) is 0 Å². The van der Waals surface area contributed by atoms with Gasteiger partial charge in [-0.15, -0.1) is 0 Å². The Hall–Kier alpha value is -1.19. The molecule has 2 aromatic rings. The van der Waals surface area contributed by atoms with Crippen molar-refractivity contribution in [2.24, 2.45) is 0 Å². The topological polar surface area (TPSA) is 12.0 Å². The van der Waals surface area contributed by atoms with Gasteiger partial charge in [0.05, 0.1) is 0 Å². The molecule has 2 atom stereocenters. The SMILES string of the molecule is CCNC(Cc1cc(F)cc(Br)c1)C(C)c1ccccc1. The summed E-state index contributed by atoms with van der Waals surface area (Å²) in [5.41, 5.74) is 2.31. The van der Waals surface area contributed by atoms with Crippen molar-refractivity contribution < 1.29 is 4.39 Å². The van der Waals surface area contributed by atoms with Crippen molar-refractivity contribution >= 4 is 15.9 Å². The van der Waals surface area contributed by atoms with Gasteiger partial charge < -0.3 is 5.32 Å². The average molecular weight is 350 g/mol. The van der Waals surface area contributed by atoms with Crippen molar-refractivity contribution in [2.75, 3.05) is 6.54 Å². The highest BCUT2D eigenvalue weighted by atomic mass is 79.9. The van der Waals surface area contributed by atoms with Crippen LogP contribution in [-0.2, 0) is 6.42 Å². The maximum atomic E-state index is 13.5. The molecule has 0 spiro atoms. The Morgan fingerprint density at radius 3 is 2.48 bits per heavy atom. The third-order valence-corrected chi connectivity index (χ3v) is 4.23. The van der Waals surface area contributed by atoms with Crippen LogP contribution in [0.1, 0.15) is 30.9 Å². The van der Waals surface area contributed by atoms with E-state index in [1.807, 2.05) is 12.1 Å². The van der Waals surface area contributed by atoms with Gasteiger partial charge in [-0.3, -0.25) is 0 Å². The zero-order valence-electron chi connectivity index (χ0n) is 12.4. The number of halogens is 2. The molecule has 0 saturated carbocycles. The van der Waals surface area contributed by atoms with Crippen LogP contribution in [-0.4, -0.2) is 12.6 Å². The number of hydrogen-bond donors (Lipinski definition) is 1. The fourth-order valence-corrected chi connectivity index (χ4v) is 3.17. The van der Waals surface area contributed by atoms with Gasteiger partial charge in [0.25, 0.3) is 0 Å². The van der Waals surface area contributed by atoms with Gasteiger partial charge in [-0.25, -0.2) is 4.39 Å². The first-order valence-electron chi connectivity index (χ1n) is 7.33. The second-order valence-corrected chi connectivity index (χ2v) is 6.26. The molecule has 0 heterocycles.